The lowest BCUT2D eigenvalue weighted by Gasteiger charge is -2.28. The highest BCUT2D eigenvalue weighted by molar-refractivity contribution is 7.99. The molecule has 0 radical (unpaired) electrons. The zero-order valence-corrected chi connectivity index (χ0v) is 12.4. The van der Waals surface area contributed by atoms with E-state index < -0.39 is 5.67 Å². The van der Waals surface area contributed by atoms with Gasteiger partial charge in [-0.1, -0.05) is 11.8 Å². The van der Waals surface area contributed by atoms with Gasteiger partial charge < -0.3 is 4.74 Å². The van der Waals surface area contributed by atoms with Crippen molar-refractivity contribution in [1.82, 2.24) is 19.6 Å². The highest BCUT2D eigenvalue weighted by Crippen LogP contribution is 2.31. The van der Waals surface area contributed by atoms with E-state index in [0.29, 0.717) is 42.7 Å². The maximum Gasteiger partial charge on any atom is 0.253 e. The zero-order valence-electron chi connectivity index (χ0n) is 11.6. The summed E-state index contributed by atoms with van der Waals surface area (Å²) in [6.45, 7) is 4.87. The predicted octanol–water partition coefficient (Wildman–Crippen LogP) is 2.35. The minimum absolute atomic E-state index is 0.366. The Hall–Kier alpha value is -1.21. The molecule has 1 fully saturated rings. The van der Waals surface area contributed by atoms with Gasteiger partial charge in [-0.15, -0.1) is 5.10 Å². The molecule has 0 spiro atoms. The molecule has 1 aliphatic rings. The number of aryl methyl sites for hydroxylation is 2. The number of hydrogen-bond acceptors (Lipinski definition) is 5. The summed E-state index contributed by atoms with van der Waals surface area (Å²) in [6, 6.07) is 1.95. The first-order valence-corrected chi connectivity index (χ1v) is 7.65. The smallest absolute Gasteiger partial charge is 0.253 e. The summed E-state index contributed by atoms with van der Waals surface area (Å²) in [5.41, 5.74) is 0.719. The Balaban J connectivity index is 1.76. The van der Waals surface area contributed by atoms with Gasteiger partial charge in [0.25, 0.3) is 5.78 Å². The number of alkyl halides is 1. The van der Waals surface area contributed by atoms with E-state index in [4.69, 9.17) is 4.74 Å². The number of fused-ring (bicyclic) bond motifs is 1. The van der Waals surface area contributed by atoms with Crippen LogP contribution >= 0.6 is 11.8 Å². The van der Waals surface area contributed by atoms with Crippen molar-refractivity contribution in [3.05, 3.63) is 17.5 Å². The summed E-state index contributed by atoms with van der Waals surface area (Å²) in [5, 5.41) is 4.96. The number of rotatable bonds is 3. The van der Waals surface area contributed by atoms with Gasteiger partial charge >= 0.3 is 0 Å². The van der Waals surface area contributed by atoms with Crippen LogP contribution in [-0.4, -0.2) is 44.2 Å². The van der Waals surface area contributed by atoms with Crippen molar-refractivity contribution in [1.29, 1.82) is 0 Å². The van der Waals surface area contributed by atoms with E-state index in [-0.39, 0.29) is 0 Å². The topological polar surface area (TPSA) is 52.3 Å². The first-order chi connectivity index (χ1) is 9.56. The van der Waals surface area contributed by atoms with E-state index in [1.807, 2.05) is 19.9 Å². The molecule has 0 aromatic carbocycles. The second kappa shape index (κ2) is 5.29. The molecule has 2 aromatic heterocycles. The van der Waals surface area contributed by atoms with Crippen molar-refractivity contribution in [2.24, 2.45) is 0 Å². The second-order valence-corrected chi connectivity index (χ2v) is 6.14. The molecule has 0 aliphatic carbocycles. The molecule has 3 heterocycles. The third-order valence-corrected chi connectivity index (χ3v) is 4.54. The van der Waals surface area contributed by atoms with Gasteiger partial charge in [0.2, 0.25) is 5.16 Å². The van der Waals surface area contributed by atoms with Crippen molar-refractivity contribution in [3.63, 3.8) is 0 Å². The van der Waals surface area contributed by atoms with Gasteiger partial charge in [-0.05, 0) is 19.9 Å². The molecule has 0 amide bonds. The van der Waals surface area contributed by atoms with Gasteiger partial charge in [-0.3, -0.25) is 0 Å². The second-order valence-electron chi connectivity index (χ2n) is 5.20. The van der Waals surface area contributed by atoms with Crippen LogP contribution in [0.5, 0.6) is 0 Å². The van der Waals surface area contributed by atoms with Gasteiger partial charge in [0.1, 0.15) is 5.67 Å². The quantitative estimate of drug-likeness (QED) is 0.814. The number of halogens is 1. The summed E-state index contributed by atoms with van der Waals surface area (Å²) in [4.78, 5) is 8.69. The molecule has 20 heavy (non-hydrogen) atoms. The van der Waals surface area contributed by atoms with Gasteiger partial charge in [0.15, 0.2) is 0 Å². The SMILES string of the molecule is Cc1cc(C)n2nc(SCC3(F)CCOCC3)nc2n1. The van der Waals surface area contributed by atoms with E-state index in [1.165, 1.54) is 11.8 Å². The average Bonchev–Trinajstić information content (AvgIpc) is 2.81. The van der Waals surface area contributed by atoms with Crippen molar-refractivity contribution in [2.45, 2.75) is 37.5 Å². The molecule has 3 rings (SSSR count). The number of thioether (sulfide) groups is 1. The molecule has 1 saturated heterocycles. The summed E-state index contributed by atoms with van der Waals surface area (Å²) >= 11 is 1.35. The molecule has 108 valence electrons. The standard InChI is InChI=1S/C13H17FN4OS/c1-9-7-10(2)18-11(15-9)16-12(17-18)20-8-13(14)3-5-19-6-4-13/h7H,3-6,8H2,1-2H3. The van der Waals surface area contributed by atoms with E-state index in [1.54, 1.807) is 4.52 Å². The Labute approximate surface area is 120 Å². The first kappa shape index (κ1) is 13.8. The normalized spacial score (nSPS) is 18.6. The minimum Gasteiger partial charge on any atom is -0.381 e. The molecule has 0 atom stereocenters. The molecule has 5 nitrogen and oxygen atoms in total. The van der Waals surface area contributed by atoms with Crippen LogP contribution in [0.4, 0.5) is 4.39 Å². The molecule has 2 aromatic rings. The fourth-order valence-corrected chi connectivity index (χ4v) is 3.25. The average molecular weight is 296 g/mol. The van der Waals surface area contributed by atoms with Gasteiger partial charge in [-0.25, -0.2) is 13.9 Å². The van der Waals surface area contributed by atoms with Crippen molar-refractivity contribution >= 4 is 17.5 Å². The fourth-order valence-electron chi connectivity index (χ4n) is 2.28. The maximum atomic E-state index is 14.5. The highest BCUT2D eigenvalue weighted by atomic mass is 32.2. The third kappa shape index (κ3) is 2.78. The molecule has 7 heteroatoms. The Kier molecular flexibility index (Phi) is 3.64. The van der Waals surface area contributed by atoms with Gasteiger partial charge in [-0.2, -0.15) is 4.98 Å². The Morgan fingerprint density at radius 2 is 2.10 bits per heavy atom. The van der Waals surface area contributed by atoms with Crippen LogP contribution in [0.3, 0.4) is 0 Å². The minimum atomic E-state index is -1.17. The van der Waals surface area contributed by atoms with Crippen LogP contribution in [0.1, 0.15) is 24.2 Å². The lowest BCUT2D eigenvalue weighted by atomic mass is 9.99. The largest absolute Gasteiger partial charge is 0.381 e. The summed E-state index contributed by atoms with van der Waals surface area (Å²) in [7, 11) is 0. The monoisotopic (exact) mass is 296 g/mol. The van der Waals surface area contributed by atoms with E-state index in [2.05, 4.69) is 15.1 Å². The molecule has 0 bridgehead atoms. The summed E-state index contributed by atoms with van der Waals surface area (Å²) < 4.78 is 21.4. The van der Waals surface area contributed by atoms with E-state index in [9.17, 15) is 4.39 Å². The predicted molar refractivity (Wildman–Crippen MR) is 74.9 cm³/mol. The molecule has 0 unspecified atom stereocenters. The number of ether oxygens (including phenoxy) is 1. The van der Waals surface area contributed by atoms with Crippen LogP contribution in [-0.2, 0) is 4.74 Å². The van der Waals surface area contributed by atoms with E-state index >= 15 is 0 Å². The summed E-state index contributed by atoms with van der Waals surface area (Å²) in [5.74, 6) is 0.940. The first-order valence-electron chi connectivity index (χ1n) is 6.66. The van der Waals surface area contributed by atoms with Gasteiger partial charge in [0, 0.05) is 43.2 Å². The highest BCUT2D eigenvalue weighted by Gasteiger charge is 2.32. The van der Waals surface area contributed by atoms with Gasteiger partial charge in [0.05, 0.1) is 0 Å². The van der Waals surface area contributed by atoms with E-state index in [0.717, 1.165) is 11.4 Å². The Bertz CT molecular complexity index is 624. The van der Waals surface area contributed by atoms with Crippen LogP contribution in [0.2, 0.25) is 0 Å². The van der Waals surface area contributed by atoms with Crippen molar-refractivity contribution in [2.75, 3.05) is 19.0 Å². The van der Waals surface area contributed by atoms with Crippen LogP contribution in [0, 0.1) is 13.8 Å². The van der Waals surface area contributed by atoms with Crippen LogP contribution < -0.4 is 0 Å². The molecular formula is C13H17FN4OS. The molecule has 0 N–H and O–H groups in total. The zero-order chi connectivity index (χ0) is 14.2. The lowest BCUT2D eigenvalue weighted by Crippen LogP contribution is -2.34. The lowest BCUT2D eigenvalue weighted by molar-refractivity contribution is 0.00458. The van der Waals surface area contributed by atoms with Crippen LogP contribution in [0.15, 0.2) is 11.2 Å². The number of aromatic nitrogens is 4. The maximum absolute atomic E-state index is 14.5. The van der Waals surface area contributed by atoms with Crippen molar-refractivity contribution in [3.8, 4) is 0 Å². The van der Waals surface area contributed by atoms with Crippen molar-refractivity contribution < 1.29 is 9.13 Å². The Morgan fingerprint density at radius 1 is 1.35 bits per heavy atom. The molecule has 0 saturated carbocycles. The molecule has 1 aliphatic heterocycles. The molecular weight excluding hydrogens is 279 g/mol. The fraction of sp³-hybridized carbons (Fsp3) is 0.615. The van der Waals surface area contributed by atoms with Crippen LogP contribution in [0.25, 0.3) is 5.78 Å². The number of hydrogen-bond donors (Lipinski definition) is 0. The Morgan fingerprint density at radius 3 is 2.85 bits per heavy atom. The number of nitrogens with zero attached hydrogens (tertiary/aromatic N) is 4. The third-order valence-electron chi connectivity index (χ3n) is 3.45. The summed E-state index contributed by atoms with van der Waals surface area (Å²) in [6.07, 6.45) is 0.896.